The van der Waals surface area contributed by atoms with E-state index >= 15 is 0 Å². The fourth-order valence-electron chi connectivity index (χ4n) is 1.07. The molecule has 0 bridgehead atoms. The van der Waals surface area contributed by atoms with Crippen molar-refractivity contribution in [2.45, 2.75) is 19.8 Å². The van der Waals surface area contributed by atoms with Gasteiger partial charge in [-0.05, 0) is 24.1 Å². The molecule has 0 fully saturated rings. The minimum absolute atomic E-state index is 0.192. The van der Waals surface area contributed by atoms with Gasteiger partial charge >= 0.3 is 5.97 Å². The van der Waals surface area contributed by atoms with Crippen LogP contribution in [0.15, 0.2) is 12.3 Å². The van der Waals surface area contributed by atoms with Crippen molar-refractivity contribution in [1.29, 1.82) is 0 Å². The van der Waals surface area contributed by atoms with Crippen molar-refractivity contribution in [3.8, 4) is 0 Å². The number of aliphatic carboxylic acids is 1. The number of pyridine rings is 1. The summed E-state index contributed by atoms with van der Waals surface area (Å²) in [6.45, 7) is 1.59. The van der Waals surface area contributed by atoms with Crippen LogP contribution in [0.1, 0.15) is 23.2 Å². The molecule has 0 aliphatic heterocycles. The molecule has 1 rings (SSSR count). The molecule has 3 nitrogen and oxygen atoms in total. The summed E-state index contributed by atoms with van der Waals surface area (Å²) in [7, 11) is 0. The fraction of sp³-hybridized carbons (Fsp3) is 0.333. The van der Waals surface area contributed by atoms with Gasteiger partial charge < -0.3 is 5.11 Å². The highest BCUT2D eigenvalue weighted by Crippen LogP contribution is 2.18. The van der Waals surface area contributed by atoms with Crippen LogP contribution in [0, 0.1) is 6.92 Å². The van der Waals surface area contributed by atoms with Gasteiger partial charge in [-0.15, -0.1) is 0 Å². The zero-order chi connectivity index (χ0) is 10.7. The third-order valence-electron chi connectivity index (χ3n) is 1.81. The highest BCUT2D eigenvalue weighted by atomic mass is 19.3. The van der Waals surface area contributed by atoms with Crippen LogP contribution in [0.2, 0.25) is 0 Å². The van der Waals surface area contributed by atoms with Gasteiger partial charge in [-0.3, -0.25) is 9.78 Å². The van der Waals surface area contributed by atoms with Crippen LogP contribution in [0.3, 0.4) is 0 Å². The summed E-state index contributed by atoms with van der Waals surface area (Å²) in [5.74, 6) is -1.00. The molecule has 5 heteroatoms. The molecule has 0 atom stereocenters. The van der Waals surface area contributed by atoms with Crippen LogP contribution < -0.4 is 0 Å². The van der Waals surface area contributed by atoms with E-state index in [1.807, 2.05) is 0 Å². The number of carboxylic acids is 1. The molecular formula is C9H9F2NO2. The second kappa shape index (κ2) is 4.13. The fourth-order valence-corrected chi connectivity index (χ4v) is 1.07. The predicted octanol–water partition coefficient (Wildman–Crippen LogP) is 1.95. The second-order valence-electron chi connectivity index (χ2n) is 2.91. The summed E-state index contributed by atoms with van der Waals surface area (Å²) in [6.07, 6.45) is -1.62. The molecule has 1 heterocycles. The first kappa shape index (κ1) is 10.6. The first-order valence-corrected chi connectivity index (χ1v) is 3.96. The lowest BCUT2D eigenvalue weighted by Crippen LogP contribution is -2.04. The lowest BCUT2D eigenvalue weighted by molar-refractivity contribution is -0.136. The average Bonchev–Trinajstić information content (AvgIpc) is 2.07. The number of alkyl halides is 2. The number of hydrogen-bond acceptors (Lipinski definition) is 2. The quantitative estimate of drug-likeness (QED) is 0.813. The molecule has 0 unspecified atom stereocenters. The zero-order valence-electron chi connectivity index (χ0n) is 7.50. The van der Waals surface area contributed by atoms with Gasteiger partial charge in [0.15, 0.2) is 0 Å². The van der Waals surface area contributed by atoms with Gasteiger partial charge in [-0.25, -0.2) is 8.78 Å². The van der Waals surface area contributed by atoms with Crippen LogP contribution in [0.4, 0.5) is 8.78 Å². The lowest BCUT2D eigenvalue weighted by atomic mass is 10.1. The molecule has 1 N–H and O–H groups in total. The van der Waals surface area contributed by atoms with E-state index in [-0.39, 0.29) is 12.1 Å². The Hall–Kier alpha value is -1.52. The van der Waals surface area contributed by atoms with Crippen molar-refractivity contribution < 1.29 is 18.7 Å². The first-order valence-electron chi connectivity index (χ1n) is 3.96. The van der Waals surface area contributed by atoms with E-state index in [2.05, 4.69) is 4.98 Å². The van der Waals surface area contributed by atoms with E-state index < -0.39 is 12.4 Å². The number of hydrogen-bond donors (Lipinski definition) is 1. The summed E-state index contributed by atoms with van der Waals surface area (Å²) >= 11 is 0. The molecule has 0 saturated heterocycles. The Morgan fingerprint density at radius 1 is 1.64 bits per heavy atom. The number of rotatable bonds is 3. The molecule has 0 amide bonds. The molecule has 0 radical (unpaired) electrons. The Kier molecular flexibility index (Phi) is 3.11. The van der Waals surface area contributed by atoms with Gasteiger partial charge in [-0.2, -0.15) is 0 Å². The van der Waals surface area contributed by atoms with Crippen molar-refractivity contribution in [3.05, 3.63) is 29.1 Å². The highest BCUT2D eigenvalue weighted by Gasteiger charge is 2.11. The van der Waals surface area contributed by atoms with Gasteiger partial charge in [0.2, 0.25) is 0 Å². The first-order chi connectivity index (χ1) is 6.50. The lowest BCUT2D eigenvalue weighted by Gasteiger charge is -2.04. The number of aromatic nitrogens is 1. The third-order valence-corrected chi connectivity index (χ3v) is 1.81. The van der Waals surface area contributed by atoms with E-state index in [1.165, 1.54) is 12.3 Å². The molecule has 76 valence electrons. The molecule has 0 aromatic carbocycles. The number of carbonyl (C=O) groups is 1. The maximum atomic E-state index is 12.2. The molecule has 0 aliphatic rings. The van der Waals surface area contributed by atoms with Crippen molar-refractivity contribution in [3.63, 3.8) is 0 Å². The SMILES string of the molecule is Cc1cc(C(F)F)ncc1CC(=O)O. The Morgan fingerprint density at radius 3 is 2.71 bits per heavy atom. The molecule has 0 saturated carbocycles. The normalized spacial score (nSPS) is 10.6. The largest absolute Gasteiger partial charge is 0.481 e. The molecule has 0 spiro atoms. The van der Waals surface area contributed by atoms with Gasteiger partial charge in [0.25, 0.3) is 6.43 Å². The molecular weight excluding hydrogens is 192 g/mol. The molecule has 1 aromatic rings. The molecule has 0 aliphatic carbocycles. The van der Waals surface area contributed by atoms with Crippen molar-refractivity contribution in [2.75, 3.05) is 0 Å². The van der Waals surface area contributed by atoms with Crippen LogP contribution in [0.25, 0.3) is 0 Å². The van der Waals surface area contributed by atoms with E-state index in [4.69, 9.17) is 5.11 Å². The van der Waals surface area contributed by atoms with Crippen LogP contribution in [-0.4, -0.2) is 16.1 Å². The molecule has 1 aromatic heterocycles. The number of aryl methyl sites for hydroxylation is 1. The average molecular weight is 201 g/mol. The second-order valence-corrected chi connectivity index (χ2v) is 2.91. The van der Waals surface area contributed by atoms with Crippen LogP contribution in [0.5, 0.6) is 0 Å². The van der Waals surface area contributed by atoms with E-state index in [9.17, 15) is 13.6 Å². The Bertz CT molecular complexity index is 353. The number of carboxylic acid groups (broad SMARTS) is 1. The third kappa shape index (κ3) is 2.48. The number of halogens is 2. The monoisotopic (exact) mass is 201 g/mol. The van der Waals surface area contributed by atoms with Crippen LogP contribution >= 0.6 is 0 Å². The van der Waals surface area contributed by atoms with Crippen molar-refractivity contribution >= 4 is 5.97 Å². The Labute approximate surface area is 79.4 Å². The van der Waals surface area contributed by atoms with Crippen LogP contribution in [-0.2, 0) is 11.2 Å². The maximum Gasteiger partial charge on any atom is 0.307 e. The summed E-state index contributed by atoms with van der Waals surface area (Å²) < 4.78 is 24.3. The van der Waals surface area contributed by atoms with Gasteiger partial charge in [0, 0.05) is 6.20 Å². The van der Waals surface area contributed by atoms with Gasteiger partial charge in [0.05, 0.1) is 6.42 Å². The maximum absolute atomic E-state index is 12.2. The van der Waals surface area contributed by atoms with Crippen molar-refractivity contribution in [2.24, 2.45) is 0 Å². The summed E-state index contributed by atoms with van der Waals surface area (Å²) in [5.41, 5.74) is 0.663. The minimum Gasteiger partial charge on any atom is -0.481 e. The minimum atomic E-state index is -2.62. The topological polar surface area (TPSA) is 50.2 Å². The Morgan fingerprint density at radius 2 is 2.29 bits per heavy atom. The standard InChI is InChI=1S/C9H9F2NO2/c1-5-2-7(9(10)11)12-4-6(5)3-8(13)14/h2,4,9H,3H2,1H3,(H,13,14). The van der Waals surface area contributed by atoms with E-state index in [0.717, 1.165) is 0 Å². The van der Waals surface area contributed by atoms with Gasteiger partial charge in [0.1, 0.15) is 5.69 Å². The summed E-state index contributed by atoms with van der Waals surface area (Å²) in [4.78, 5) is 13.8. The smallest absolute Gasteiger partial charge is 0.307 e. The van der Waals surface area contributed by atoms with Gasteiger partial charge in [-0.1, -0.05) is 0 Å². The predicted molar refractivity (Wildman–Crippen MR) is 45.3 cm³/mol. The summed E-state index contributed by atoms with van der Waals surface area (Å²) in [5, 5.41) is 8.49. The highest BCUT2D eigenvalue weighted by molar-refractivity contribution is 5.70. The van der Waals surface area contributed by atoms with Crippen molar-refractivity contribution in [1.82, 2.24) is 4.98 Å². The molecule has 14 heavy (non-hydrogen) atoms. The van der Waals surface area contributed by atoms with E-state index in [1.54, 1.807) is 6.92 Å². The number of nitrogens with zero attached hydrogens (tertiary/aromatic N) is 1. The van der Waals surface area contributed by atoms with E-state index in [0.29, 0.717) is 11.1 Å². The zero-order valence-corrected chi connectivity index (χ0v) is 7.50. The Balaban J connectivity index is 2.95. The summed E-state index contributed by atoms with van der Waals surface area (Å²) in [6, 6.07) is 1.21.